The Kier molecular flexibility index (Phi) is 3.86. The molecule has 0 atom stereocenters. The minimum atomic E-state index is 0.00564. The van der Waals surface area contributed by atoms with Gasteiger partial charge < -0.3 is 4.57 Å². The summed E-state index contributed by atoms with van der Waals surface area (Å²) in [4.78, 5) is 16.9. The highest BCUT2D eigenvalue weighted by Crippen LogP contribution is 2.34. The van der Waals surface area contributed by atoms with Crippen LogP contribution in [0.2, 0.25) is 0 Å². The first kappa shape index (κ1) is 14.1. The molecule has 0 aromatic carbocycles. The summed E-state index contributed by atoms with van der Waals surface area (Å²) in [5.74, 6) is 0.761. The van der Waals surface area contributed by atoms with Crippen molar-refractivity contribution in [2.45, 2.75) is 43.8 Å². The monoisotopic (exact) mass is 309 g/mol. The second-order valence-electron chi connectivity index (χ2n) is 5.57. The Bertz CT molecular complexity index is 681. The molecule has 1 aliphatic carbocycles. The molecule has 4 nitrogen and oxygen atoms in total. The van der Waals surface area contributed by atoms with Crippen molar-refractivity contribution >= 4 is 34.8 Å². The Morgan fingerprint density at radius 3 is 2.60 bits per heavy atom. The van der Waals surface area contributed by atoms with E-state index in [0.29, 0.717) is 16.4 Å². The third kappa shape index (κ3) is 2.39. The molecular weight excluding hydrogens is 290 g/mol. The molecule has 3 rings (SSSR count). The quantitative estimate of drug-likeness (QED) is 0.748. The topological polar surface area (TPSA) is 39.3 Å². The molecule has 108 valence electrons. The molecule has 0 unspecified atom stereocenters. The number of aliphatic imine (C=N–C) groups is 1. The Morgan fingerprint density at radius 2 is 1.90 bits per heavy atom. The summed E-state index contributed by atoms with van der Waals surface area (Å²) >= 11 is 7.14. The molecule has 1 aromatic heterocycles. The average Bonchev–Trinajstić information content (AvgIpc) is 2.88. The maximum Gasteiger partial charge on any atom is 0.259 e. The molecule has 0 radical (unpaired) electrons. The van der Waals surface area contributed by atoms with E-state index in [1.807, 2.05) is 23.4 Å². The van der Waals surface area contributed by atoms with Crippen molar-refractivity contribution < 1.29 is 0 Å². The number of hydrogen-bond donors (Lipinski definition) is 0. The van der Waals surface area contributed by atoms with Crippen molar-refractivity contribution in [2.24, 2.45) is 19.1 Å². The number of fused-ring (bicyclic) bond motifs is 1. The van der Waals surface area contributed by atoms with E-state index >= 15 is 0 Å². The SMILES string of the molecule is Cn1c2c(c(=O)n(C)c1=S)CC(SC1CCCCC1)=N2. The lowest BCUT2D eigenvalue weighted by atomic mass is 10.0. The first-order chi connectivity index (χ1) is 9.58. The second kappa shape index (κ2) is 5.48. The van der Waals surface area contributed by atoms with E-state index in [2.05, 4.69) is 4.99 Å². The molecule has 20 heavy (non-hydrogen) atoms. The molecule has 0 N–H and O–H groups in total. The van der Waals surface area contributed by atoms with Gasteiger partial charge in [0, 0.05) is 25.8 Å². The highest BCUT2D eigenvalue weighted by atomic mass is 32.2. The minimum absolute atomic E-state index is 0.00564. The lowest BCUT2D eigenvalue weighted by Gasteiger charge is -2.20. The highest BCUT2D eigenvalue weighted by molar-refractivity contribution is 8.14. The van der Waals surface area contributed by atoms with Crippen LogP contribution in [-0.2, 0) is 20.5 Å². The van der Waals surface area contributed by atoms with Gasteiger partial charge in [-0.1, -0.05) is 19.3 Å². The normalized spacial score (nSPS) is 19.0. The summed E-state index contributed by atoms with van der Waals surface area (Å²) in [6, 6.07) is 0. The van der Waals surface area contributed by atoms with Crippen LogP contribution in [0.4, 0.5) is 5.82 Å². The molecular formula is C14H19N3OS2. The fourth-order valence-corrected chi connectivity index (χ4v) is 4.44. The van der Waals surface area contributed by atoms with Gasteiger partial charge in [0.25, 0.3) is 5.56 Å². The molecule has 0 amide bonds. The lowest BCUT2D eigenvalue weighted by molar-refractivity contribution is 0.517. The Labute approximate surface area is 127 Å². The number of aromatic nitrogens is 2. The van der Waals surface area contributed by atoms with Crippen molar-refractivity contribution in [2.75, 3.05) is 0 Å². The standard InChI is InChI=1S/C14H19N3OS2/c1-16-12-10(13(18)17(2)14(16)19)8-11(15-12)20-9-6-4-3-5-7-9/h9H,3-8H2,1-2H3. The van der Waals surface area contributed by atoms with Gasteiger partial charge in [-0.2, -0.15) is 0 Å². The third-order valence-electron chi connectivity index (χ3n) is 4.14. The van der Waals surface area contributed by atoms with Gasteiger partial charge in [0.15, 0.2) is 4.77 Å². The summed E-state index contributed by atoms with van der Waals surface area (Å²) in [5.41, 5.74) is 0.799. The van der Waals surface area contributed by atoms with Crippen LogP contribution >= 0.6 is 24.0 Å². The number of rotatable bonds is 1. The van der Waals surface area contributed by atoms with Crippen LogP contribution in [0.5, 0.6) is 0 Å². The minimum Gasteiger partial charge on any atom is -0.306 e. The Morgan fingerprint density at radius 1 is 1.20 bits per heavy atom. The van der Waals surface area contributed by atoms with Crippen LogP contribution < -0.4 is 5.56 Å². The lowest BCUT2D eigenvalue weighted by Crippen LogP contribution is -2.24. The molecule has 1 saturated carbocycles. The van der Waals surface area contributed by atoms with Gasteiger partial charge >= 0.3 is 0 Å². The fraction of sp³-hybridized carbons (Fsp3) is 0.643. The summed E-state index contributed by atoms with van der Waals surface area (Å²) in [6.45, 7) is 0. The molecule has 2 heterocycles. The zero-order valence-electron chi connectivity index (χ0n) is 11.9. The number of hydrogen-bond acceptors (Lipinski definition) is 4. The van der Waals surface area contributed by atoms with Gasteiger partial charge in [-0.15, -0.1) is 11.8 Å². The van der Waals surface area contributed by atoms with Gasteiger partial charge in [0.05, 0.1) is 10.6 Å². The summed E-state index contributed by atoms with van der Waals surface area (Å²) in [6.07, 6.45) is 7.23. The number of nitrogens with zero attached hydrogens (tertiary/aromatic N) is 3. The van der Waals surface area contributed by atoms with E-state index in [4.69, 9.17) is 12.2 Å². The molecule has 2 aliphatic rings. The molecule has 0 saturated heterocycles. The van der Waals surface area contributed by atoms with E-state index in [-0.39, 0.29) is 5.56 Å². The second-order valence-corrected chi connectivity index (χ2v) is 7.31. The maximum absolute atomic E-state index is 12.3. The van der Waals surface area contributed by atoms with Gasteiger partial charge in [0.1, 0.15) is 5.82 Å². The molecule has 1 aliphatic heterocycles. The number of thioether (sulfide) groups is 1. The summed E-state index contributed by atoms with van der Waals surface area (Å²) in [7, 11) is 3.62. The summed E-state index contributed by atoms with van der Waals surface area (Å²) in [5, 5.41) is 1.76. The van der Waals surface area contributed by atoms with Gasteiger partial charge in [-0.3, -0.25) is 9.36 Å². The zero-order chi connectivity index (χ0) is 14.3. The Balaban J connectivity index is 1.89. The van der Waals surface area contributed by atoms with Crippen molar-refractivity contribution in [3.63, 3.8) is 0 Å². The zero-order valence-corrected chi connectivity index (χ0v) is 13.5. The smallest absolute Gasteiger partial charge is 0.259 e. The molecule has 1 aromatic rings. The van der Waals surface area contributed by atoms with Crippen LogP contribution in [0.25, 0.3) is 0 Å². The fourth-order valence-electron chi connectivity index (χ4n) is 2.95. The molecule has 0 spiro atoms. The Hall–Kier alpha value is -0.880. The van der Waals surface area contributed by atoms with Gasteiger partial charge in [-0.05, 0) is 25.1 Å². The molecule has 6 heteroatoms. The molecule has 1 fully saturated rings. The van der Waals surface area contributed by atoms with Crippen LogP contribution in [0, 0.1) is 4.77 Å². The van der Waals surface area contributed by atoms with Gasteiger partial charge in [0.2, 0.25) is 0 Å². The summed E-state index contributed by atoms with van der Waals surface area (Å²) < 4.78 is 3.92. The van der Waals surface area contributed by atoms with Crippen LogP contribution in [-0.4, -0.2) is 19.4 Å². The van der Waals surface area contributed by atoms with Crippen molar-refractivity contribution in [1.29, 1.82) is 0 Å². The van der Waals surface area contributed by atoms with E-state index in [1.54, 1.807) is 7.05 Å². The van der Waals surface area contributed by atoms with E-state index in [0.717, 1.165) is 16.4 Å². The highest BCUT2D eigenvalue weighted by Gasteiger charge is 2.25. The first-order valence-electron chi connectivity index (χ1n) is 7.11. The van der Waals surface area contributed by atoms with E-state index in [1.165, 1.54) is 36.7 Å². The average molecular weight is 309 g/mol. The van der Waals surface area contributed by atoms with Crippen molar-refractivity contribution in [1.82, 2.24) is 9.13 Å². The predicted octanol–water partition coefficient (Wildman–Crippen LogP) is 3.11. The van der Waals surface area contributed by atoms with Crippen LogP contribution in [0.3, 0.4) is 0 Å². The first-order valence-corrected chi connectivity index (χ1v) is 8.40. The van der Waals surface area contributed by atoms with E-state index in [9.17, 15) is 4.79 Å². The van der Waals surface area contributed by atoms with Crippen molar-refractivity contribution in [3.05, 3.63) is 20.7 Å². The van der Waals surface area contributed by atoms with Crippen LogP contribution in [0.15, 0.2) is 9.79 Å². The largest absolute Gasteiger partial charge is 0.306 e. The maximum atomic E-state index is 12.3. The third-order valence-corrected chi connectivity index (χ3v) is 6.00. The predicted molar refractivity (Wildman–Crippen MR) is 86.8 cm³/mol. The molecule has 0 bridgehead atoms. The van der Waals surface area contributed by atoms with Gasteiger partial charge in [-0.25, -0.2) is 4.99 Å². The van der Waals surface area contributed by atoms with Crippen molar-refractivity contribution in [3.8, 4) is 0 Å². The van der Waals surface area contributed by atoms with E-state index < -0.39 is 0 Å². The van der Waals surface area contributed by atoms with Crippen LogP contribution in [0.1, 0.15) is 37.7 Å².